The van der Waals surface area contributed by atoms with Crippen LogP contribution >= 0.6 is 0 Å². The molecule has 2 aromatic heterocycles. The van der Waals surface area contributed by atoms with E-state index in [1.54, 1.807) is 6.26 Å². The Bertz CT molecular complexity index is 713. The zero-order valence-electron chi connectivity index (χ0n) is 11.8. The van der Waals surface area contributed by atoms with Crippen LogP contribution in [0.15, 0.2) is 41.0 Å². The average Bonchev–Trinajstić information content (AvgIpc) is 3.07. The van der Waals surface area contributed by atoms with Crippen molar-refractivity contribution in [1.82, 2.24) is 9.55 Å². The Kier molecular flexibility index (Phi) is 3.32. The van der Waals surface area contributed by atoms with Crippen LogP contribution in [-0.2, 0) is 13.5 Å². The third-order valence-corrected chi connectivity index (χ3v) is 3.67. The summed E-state index contributed by atoms with van der Waals surface area (Å²) in [5.41, 5.74) is 9.08. The summed E-state index contributed by atoms with van der Waals surface area (Å²) in [5.74, 6) is 2.13. The van der Waals surface area contributed by atoms with Crippen LogP contribution in [0.3, 0.4) is 0 Å². The number of nitrogens with zero attached hydrogens (tertiary/aromatic N) is 2. The molecule has 0 amide bonds. The first-order valence-electron chi connectivity index (χ1n) is 6.88. The number of benzene rings is 1. The lowest BCUT2D eigenvalue weighted by molar-refractivity contribution is 0.574. The van der Waals surface area contributed by atoms with E-state index in [9.17, 15) is 0 Å². The molecule has 0 radical (unpaired) electrons. The van der Waals surface area contributed by atoms with E-state index in [1.165, 1.54) is 5.56 Å². The molecular formula is C16H19N3O. The second-order valence-corrected chi connectivity index (χ2v) is 5.34. The summed E-state index contributed by atoms with van der Waals surface area (Å²) in [6.45, 7) is 2.87. The van der Waals surface area contributed by atoms with Crippen LogP contribution in [0.1, 0.15) is 12.5 Å². The summed E-state index contributed by atoms with van der Waals surface area (Å²) in [6, 6.07) is 10.2. The molecule has 1 unspecified atom stereocenters. The topological polar surface area (TPSA) is 57.0 Å². The summed E-state index contributed by atoms with van der Waals surface area (Å²) in [4.78, 5) is 4.69. The van der Waals surface area contributed by atoms with Crippen molar-refractivity contribution in [3.63, 3.8) is 0 Å². The number of furan rings is 1. The summed E-state index contributed by atoms with van der Waals surface area (Å²) in [6.07, 6.45) is 2.65. The second-order valence-electron chi connectivity index (χ2n) is 5.34. The van der Waals surface area contributed by atoms with Crippen LogP contribution in [0.25, 0.3) is 22.6 Å². The van der Waals surface area contributed by atoms with Gasteiger partial charge in [0.1, 0.15) is 0 Å². The molecule has 0 fully saturated rings. The molecule has 2 heterocycles. The van der Waals surface area contributed by atoms with Crippen LogP contribution in [0.2, 0.25) is 0 Å². The van der Waals surface area contributed by atoms with Gasteiger partial charge in [-0.3, -0.25) is 0 Å². The maximum Gasteiger partial charge on any atom is 0.176 e. The number of aromatic nitrogens is 2. The predicted octanol–water partition coefficient (Wildman–Crippen LogP) is 2.97. The molecule has 0 bridgehead atoms. The summed E-state index contributed by atoms with van der Waals surface area (Å²) in [7, 11) is 2.01. The van der Waals surface area contributed by atoms with E-state index in [2.05, 4.69) is 34.7 Å². The molecule has 0 aliphatic carbocycles. The molecule has 2 N–H and O–H groups in total. The largest absolute Gasteiger partial charge is 0.461 e. The Morgan fingerprint density at radius 1 is 1.35 bits per heavy atom. The Morgan fingerprint density at radius 3 is 2.90 bits per heavy atom. The van der Waals surface area contributed by atoms with E-state index in [-0.39, 0.29) is 0 Å². The van der Waals surface area contributed by atoms with E-state index in [4.69, 9.17) is 10.2 Å². The van der Waals surface area contributed by atoms with Crippen LogP contribution < -0.4 is 5.73 Å². The number of nitrogens with two attached hydrogens (primary N) is 1. The molecule has 1 atom stereocenters. The van der Waals surface area contributed by atoms with Crippen LogP contribution in [-0.4, -0.2) is 16.1 Å². The molecule has 20 heavy (non-hydrogen) atoms. The van der Waals surface area contributed by atoms with E-state index in [1.807, 2.05) is 19.2 Å². The molecule has 4 heteroatoms. The van der Waals surface area contributed by atoms with E-state index in [0.717, 1.165) is 29.0 Å². The zero-order chi connectivity index (χ0) is 14.1. The van der Waals surface area contributed by atoms with Gasteiger partial charge in [-0.2, -0.15) is 0 Å². The quantitative estimate of drug-likeness (QED) is 0.792. The molecule has 3 rings (SSSR count). The SMILES string of the molecule is CC(CN)Cc1ccc2c(c1)nc(-c1ccco1)n2C. The van der Waals surface area contributed by atoms with Crippen molar-refractivity contribution in [3.05, 3.63) is 42.2 Å². The highest BCUT2D eigenvalue weighted by Gasteiger charge is 2.12. The molecule has 0 spiro atoms. The normalized spacial score (nSPS) is 12.9. The zero-order valence-corrected chi connectivity index (χ0v) is 11.8. The van der Waals surface area contributed by atoms with E-state index < -0.39 is 0 Å². The lowest BCUT2D eigenvalue weighted by Crippen LogP contribution is -2.12. The lowest BCUT2D eigenvalue weighted by Gasteiger charge is -2.07. The van der Waals surface area contributed by atoms with Crippen LogP contribution in [0, 0.1) is 5.92 Å². The Balaban J connectivity index is 2.03. The smallest absolute Gasteiger partial charge is 0.176 e. The van der Waals surface area contributed by atoms with Crippen molar-refractivity contribution >= 4 is 11.0 Å². The number of hydrogen-bond acceptors (Lipinski definition) is 3. The minimum atomic E-state index is 0.487. The molecule has 0 aliphatic heterocycles. The number of aryl methyl sites for hydroxylation is 1. The molecule has 4 nitrogen and oxygen atoms in total. The van der Waals surface area contributed by atoms with Crippen molar-refractivity contribution in [2.24, 2.45) is 18.7 Å². The first-order valence-corrected chi connectivity index (χ1v) is 6.88. The Hall–Kier alpha value is -2.07. The predicted molar refractivity (Wildman–Crippen MR) is 80.3 cm³/mol. The summed E-state index contributed by atoms with van der Waals surface area (Å²) >= 11 is 0. The van der Waals surface area contributed by atoms with Gasteiger partial charge >= 0.3 is 0 Å². The molecule has 0 saturated carbocycles. The van der Waals surface area contributed by atoms with E-state index in [0.29, 0.717) is 12.5 Å². The number of fused-ring (bicyclic) bond motifs is 1. The second kappa shape index (κ2) is 5.13. The summed E-state index contributed by atoms with van der Waals surface area (Å²) in [5, 5.41) is 0. The van der Waals surface area contributed by atoms with Crippen molar-refractivity contribution in [2.45, 2.75) is 13.3 Å². The lowest BCUT2D eigenvalue weighted by atomic mass is 10.0. The highest BCUT2D eigenvalue weighted by molar-refractivity contribution is 5.80. The van der Waals surface area contributed by atoms with Gasteiger partial charge in [-0.15, -0.1) is 0 Å². The number of hydrogen-bond donors (Lipinski definition) is 1. The number of imidazole rings is 1. The van der Waals surface area contributed by atoms with Gasteiger partial charge in [-0.05, 0) is 48.7 Å². The number of rotatable bonds is 4. The maximum absolute atomic E-state index is 5.69. The fraction of sp³-hybridized carbons (Fsp3) is 0.312. The van der Waals surface area contributed by atoms with Gasteiger partial charge in [0.05, 0.1) is 17.3 Å². The fourth-order valence-electron chi connectivity index (χ4n) is 2.48. The van der Waals surface area contributed by atoms with Crippen LogP contribution in [0.4, 0.5) is 0 Å². The Labute approximate surface area is 118 Å². The molecule has 1 aromatic carbocycles. The van der Waals surface area contributed by atoms with Crippen LogP contribution in [0.5, 0.6) is 0 Å². The first kappa shape index (κ1) is 12.9. The van der Waals surface area contributed by atoms with Crippen molar-refractivity contribution < 1.29 is 4.42 Å². The van der Waals surface area contributed by atoms with Gasteiger partial charge < -0.3 is 14.7 Å². The van der Waals surface area contributed by atoms with Crippen molar-refractivity contribution in [3.8, 4) is 11.6 Å². The molecule has 0 aliphatic rings. The van der Waals surface area contributed by atoms with E-state index >= 15 is 0 Å². The molecule has 0 saturated heterocycles. The first-order chi connectivity index (χ1) is 9.69. The Morgan fingerprint density at radius 2 is 2.20 bits per heavy atom. The highest BCUT2D eigenvalue weighted by atomic mass is 16.3. The monoisotopic (exact) mass is 269 g/mol. The van der Waals surface area contributed by atoms with Crippen molar-refractivity contribution in [1.29, 1.82) is 0 Å². The molecule has 104 valence electrons. The minimum absolute atomic E-state index is 0.487. The van der Waals surface area contributed by atoms with Gasteiger partial charge in [0.2, 0.25) is 0 Å². The average molecular weight is 269 g/mol. The van der Waals surface area contributed by atoms with Gasteiger partial charge in [-0.1, -0.05) is 13.0 Å². The van der Waals surface area contributed by atoms with Gasteiger partial charge in [-0.25, -0.2) is 4.98 Å². The molecule has 3 aromatic rings. The van der Waals surface area contributed by atoms with Crippen molar-refractivity contribution in [2.75, 3.05) is 6.54 Å². The third kappa shape index (κ3) is 2.23. The van der Waals surface area contributed by atoms with Gasteiger partial charge in [0.25, 0.3) is 0 Å². The maximum atomic E-state index is 5.69. The minimum Gasteiger partial charge on any atom is -0.461 e. The fourth-order valence-corrected chi connectivity index (χ4v) is 2.48. The standard InChI is InChI=1S/C16H19N3O/c1-11(10-17)8-12-5-6-14-13(9-12)18-16(19(14)2)15-4-3-7-20-15/h3-7,9,11H,8,10,17H2,1-2H3. The van der Waals surface area contributed by atoms with Gasteiger partial charge in [0.15, 0.2) is 11.6 Å². The highest BCUT2D eigenvalue weighted by Crippen LogP contribution is 2.25. The van der Waals surface area contributed by atoms with Gasteiger partial charge in [0, 0.05) is 7.05 Å². The molecular weight excluding hydrogens is 250 g/mol. The summed E-state index contributed by atoms with van der Waals surface area (Å²) < 4.78 is 7.50. The third-order valence-electron chi connectivity index (χ3n) is 3.67.